The Kier molecular flexibility index (Phi) is 5.33. The van der Waals surface area contributed by atoms with Gasteiger partial charge in [-0.2, -0.15) is 11.8 Å². The van der Waals surface area contributed by atoms with E-state index >= 15 is 0 Å². The maximum Gasteiger partial charge on any atom is 0.251 e. The molecule has 0 atom stereocenters. The maximum absolute atomic E-state index is 12.3. The van der Waals surface area contributed by atoms with Gasteiger partial charge in [-0.25, -0.2) is 0 Å². The molecule has 0 aliphatic heterocycles. The van der Waals surface area contributed by atoms with Crippen molar-refractivity contribution in [2.75, 3.05) is 19.4 Å². The van der Waals surface area contributed by atoms with Crippen LogP contribution in [0.1, 0.15) is 40.7 Å². The lowest BCUT2D eigenvalue weighted by Gasteiger charge is -2.14. The minimum atomic E-state index is -0.0290. The van der Waals surface area contributed by atoms with Crippen molar-refractivity contribution in [1.29, 1.82) is 0 Å². The highest BCUT2D eigenvalue weighted by atomic mass is 32.2. The van der Waals surface area contributed by atoms with E-state index in [1.54, 1.807) is 0 Å². The van der Waals surface area contributed by atoms with E-state index < -0.39 is 0 Å². The lowest BCUT2D eigenvalue weighted by Crippen LogP contribution is -2.32. The molecule has 2 rings (SSSR count). The maximum atomic E-state index is 12.3. The van der Waals surface area contributed by atoms with Crippen LogP contribution >= 0.6 is 11.8 Å². The van der Waals surface area contributed by atoms with Crippen LogP contribution < -0.4 is 5.32 Å². The minimum Gasteiger partial charge on any atom is -0.395 e. The molecular formula is C17H21NO2S. The van der Waals surface area contributed by atoms with E-state index in [1.807, 2.05) is 36.9 Å². The summed E-state index contributed by atoms with van der Waals surface area (Å²) in [6, 6.07) is 5.65. The smallest absolute Gasteiger partial charge is 0.251 e. The Morgan fingerprint density at radius 3 is 2.86 bits per heavy atom. The summed E-state index contributed by atoms with van der Waals surface area (Å²) in [6.07, 6.45) is 4.91. The van der Waals surface area contributed by atoms with Crippen molar-refractivity contribution in [3.63, 3.8) is 0 Å². The van der Waals surface area contributed by atoms with E-state index in [4.69, 9.17) is 5.11 Å². The molecule has 0 unspecified atom stereocenters. The second-order valence-electron chi connectivity index (χ2n) is 5.37. The molecule has 2 N–H and O–H groups in total. The molecule has 21 heavy (non-hydrogen) atoms. The highest BCUT2D eigenvalue weighted by Gasteiger charge is 2.41. The number of carbonyl (C=O) groups is 1. The molecule has 1 aliphatic carbocycles. The largest absolute Gasteiger partial charge is 0.395 e. The standard InChI is InChI=1S/C17H21NO2S/c1-13-6-7-14(5-3-4-10-19)11-15(13)16(20)18-12-17(21-2)8-9-17/h6-7,11,19H,4,8-10,12H2,1-2H3,(H,18,20). The van der Waals surface area contributed by atoms with Gasteiger partial charge in [0.05, 0.1) is 6.61 Å². The summed E-state index contributed by atoms with van der Waals surface area (Å²) in [5.41, 5.74) is 2.45. The zero-order chi connectivity index (χ0) is 15.3. The van der Waals surface area contributed by atoms with Crippen molar-refractivity contribution in [2.45, 2.75) is 30.9 Å². The van der Waals surface area contributed by atoms with Crippen LogP contribution in [0.25, 0.3) is 0 Å². The van der Waals surface area contributed by atoms with Gasteiger partial charge in [0.15, 0.2) is 0 Å². The molecule has 1 saturated carbocycles. The number of thioether (sulfide) groups is 1. The first kappa shape index (κ1) is 15.9. The van der Waals surface area contributed by atoms with Crippen LogP contribution in [0.3, 0.4) is 0 Å². The van der Waals surface area contributed by atoms with Gasteiger partial charge in [-0.1, -0.05) is 17.9 Å². The van der Waals surface area contributed by atoms with Gasteiger partial charge >= 0.3 is 0 Å². The number of aliphatic hydroxyl groups is 1. The lowest BCUT2D eigenvalue weighted by molar-refractivity contribution is 0.0952. The third kappa shape index (κ3) is 4.26. The molecule has 0 spiro atoms. The zero-order valence-electron chi connectivity index (χ0n) is 12.5. The molecule has 0 saturated heterocycles. The predicted octanol–water partition coefficient (Wildman–Crippen LogP) is 2.35. The third-order valence-corrected chi connectivity index (χ3v) is 5.18. The summed E-state index contributed by atoms with van der Waals surface area (Å²) in [5.74, 6) is 5.82. The molecule has 0 radical (unpaired) electrons. The van der Waals surface area contributed by atoms with Crippen LogP contribution in [0, 0.1) is 18.8 Å². The molecule has 1 fully saturated rings. The number of hydrogen-bond donors (Lipinski definition) is 2. The van der Waals surface area contributed by atoms with Gasteiger partial charge in [-0.05, 0) is 43.7 Å². The average Bonchev–Trinajstić information content (AvgIpc) is 3.27. The fourth-order valence-corrected chi connectivity index (χ4v) is 2.82. The van der Waals surface area contributed by atoms with Crippen molar-refractivity contribution in [3.8, 4) is 11.8 Å². The van der Waals surface area contributed by atoms with Gasteiger partial charge in [-0.3, -0.25) is 4.79 Å². The van der Waals surface area contributed by atoms with Gasteiger partial charge in [0.25, 0.3) is 5.91 Å². The van der Waals surface area contributed by atoms with Crippen LogP contribution in [-0.2, 0) is 0 Å². The zero-order valence-corrected chi connectivity index (χ0v) is 13.3. The number of benzene rings is 1. The van der Waals surface area contributed by atoms with Crippen molar-refractivity contribution in [3.05, 3.63) is 34.9 Å². The molecule has 0 heterocycles. The summed E-state index contributed by atoms with van der Waals surface area (Å²) in [7, 11) is 0. The Morgan fingerprint density at radius 2 is 2.24 bits per heavy atom. The molecule has 1 aromatic rings. The number of rotatable bonds is 5. The number of hydrogen-bond acceptors (Lipinski definition) is 3. The molecule has 4 heteroatoms. The quantitative estimate of drug-likeness (QED) is 0.821. The summed E-state index contributed by atoms with van der Waals surface area (Å²) in [4.78, 5) is 12.3. The Morgan fingerprint density at radius 1 is 1.48 bits per heavy atom. The number of aliphatic hydroxyl groups excluding tert-OH is 1. The van der Waals surface area contributed by atoms with E-state index in [9.17, 15) is 4.79 Å². The molecule has 0 aromatic heterocycles. The van der Waals surface area contributed by atoms with Crippen molar-refractivity contribution in [1.82, 2.24) is 5.32 Å². The Hall–Kier alpha value is -1.44. The van der Waals surface area contributed by atoms with Crippen molar-refractivity contribution in [2.24, 2.45) is 0 Å². The van der Waals surface area contributed by atoms with Crippen molar-refractivity contribution < 1.29 is 9.90 Å². The Labute approximate surface area is 130 Å². The van der Waals surface area contributed by atoms with Crippen LogP contribution in [0.5, 0.6) is 0 Å². The minimum absolute atomic E-state index is 0.0290. The molecule has 1 amide bonds. The van der Waals surface area contributed by atoms with Crippen LogP contribution in [0.4, 0.5) is 0 Å². The van der Waals surface area contributed by atoms with Gasteiger partial charge in [0, 0.05) is 28.8 Å². The lowest BCUT2D eigenvalue weighted by atomic mass is 10.0. The van der Waals surface area contributed by atoms with Crippen LogP contribution in [-0.4, -0.2) is 35.2 Å². The van der Waals surface area contributed by atoms with Crippen LogP contribution in [0.15, 0.2) is 18.2 Å². The Bertz CT molecular complexity index is 582. The van der Waals surface area contributed by atoms with E-state index in [0.717, 1.165) is 17.7 Å². The number of aryl methyl sites for hydroxylation is 1. The molecule has 0 bridgehead atoms. The molecule has 1 aliphatic rings. The fourth-order valence-electron chi connectivity index (χ4n) is 2.09. The molecule has 1 aromatic carbocycles. The molecule has 3 nitrogen and oxygen atoms in total. The summed E-state index contributed by atoms with van der Waals surface area (Å²) >= 11 is 1.84. The first-order valence-electron chi connectivity index (χ1n) is 7.14. The topological polar surface area (TPSA) is 49.3 Å². The summed E-state index contributed by atoms with van der Waals surface area (Å²) in [5, 5.41) is 11.8. The second-order valence-corrected chi connectivity index (χ2v) is 6.65. The van der Waals surface area contributed by atoms with E-state index in [0.29, 0.717) is 12.0 Å². The number of carbonyl (C=O) groups excluding carboxylic acids is 1. The molecular weight excluding hydrogens is 282 g/mol. The normalized spacial score (nSPS) is 15.0. The van der Waals surface area contributed by atoms with E-state index in [1.165, 1.54) is 12.8 Å². The predicted molar refractivity (Wildman–Crippen MR) is 87.6 cm³/mol. The van der Waals surface area contributed by atoms with Crippen molar-refractivity contribution >= 4 is 17.7 Å². The SMILES string of the molecule is CSC1(CNC(=O)c2cc(C#CCCO)ccc2C)CC1. The average molecular weight is 303 g/mol. The first-order valence-corrected chi connectivity index (χ1v) is 8.36. The van der Waals surface area contributed by atoms with Gasteiger partial charge < -0.3 is 10.4 Å². The van der Waals surface area contributed by atoms with E-state index in [2.05, 4.69) is 23.4 Å². The first-order chi connectivity index (χ1) is 10.1. The number of amides is 1. The monoisotopic (exact) mass is 303 g/mol. The Balaban J connectivity index is 2.05. The number of nitrogens with one attached hydrogen (secondary N) is 1. The summed E-state index contributed by atoms with van der Waals surface area (Å²) < 4.78 is 0.266. The van der Waals surface area contributed by atoms with Gasteiger partial charge in [-0.15, -0.1) is 0 Å². The van der Waals surface area contributed by atoms with Crippen LogP contribution in [0.2, 0.25) is 0 Å². The molecule has 112 valence electrons. The highest BCUT2D eigenvalue weighted by molar-refractivity contribution is 8.00. The fraction of sp³-hybridized carbons (Fsp3) is 0.471. The third-order valence-electron chi connectivity index (χ3n) is 3.76. The summed E-state index contributed by atoms with van der Waals surface area (Å²) in [6.45, 7) is 2.72. The van der Waals surface area contributed by atoms with Gasteiger partial charge in [0.2, 0.25) is 0 Å². The highest BCUT2D eigenvalue weighted by Crippen LogP contribution is 2.46. The second kappa shape index (κ2) is 7.02. The van der Waals surface area contributed by atoms with E-state index in [-0.39, 0.29) is 17.3 Å². The van der Waals surface area contributed by atoms with Gasteiger partial charge in [0.1, 0.15) is 0 Å².